The number of hydrogen-bond donors (Lipinski definition) is 2. The minimum Gasteiger partial charge on any atom is -0.351 e. The van der Waals surface area contributed by atoms with Crippen molar-refractivity contribution >= 4 is 23.1 Å². The van der Waals surface area contributed by atoms with Crippen LogP contribution in [-0.4, -0.2) is 27.7 Å². The molecular weight excluding hydrogens is 378 g/mol. The van der Waals surface area contributed by atoms with Crippen LogP contribution in [0.3, 0.4) is 0 Å². The van der Waals surface area contributed by atoms with E-state index in [2.05, 4.69) is 15.6 Å². The molecule has 2 aromatic heterocycles. The molecule has 0 bridgehead atoms. The van der Waals surface area contributed by atoms with Gasteiger partial charge in [0, 0.05) is 30.9 Å². The van der Waals surface area contributed by atoms with Crippen molar-refractivity contribution in [3.63, 3.8) is 0 Å². The van der Waals surface area contributed by atoms with E-state index >= 15 is 0 Å². The third-order valence-electron chi connectivity index (χ3n) is 4.49. The number of nitrogens with one attached hydrogen (secondary N) is 2. The number of aromatic nitrogens is 2. The number of fused-ring (bicyclic) bond motifs is 1. The molecule has 0 aliphatic carbocycles. The normalized spacial score (nSPS) is 10.9. The lowest BCUT2D eigenvalue weighted by Crippen LogP contribution is -2.26. The highest BCUT2D eigenvalue weighted by atomic mass is 19.2. The largest absolute Gasteiger partial charge is 0.351 e. The van der Waals surface area contributed by atoms with Gasteiger partial charge in [0.25, 0.3) is 5.91 Å². The van der Waals surface area contributed by atoms with Gasteiger partial charge in [0.15, 0.2) is 11.6 Å². The van der Waals surface area contributed by atoms with E-state index in [1.807, 2.05) is 18.2 Å². The van der Waals surface area contributed by atoms with Gasteiger partial charge in [-0.1, -0.05) is 12.5 Å². The molecule has 0 unspecified atom stereocenters. The minimum atomic E-state index is -1.00. The smallest absolute Gasteiger partial charge is 0.270 e. The van der Waals surface area contributed by atoms with E-state index in [4.69, 9.17) is 0 Å². The van der Waals surface area contributed by atoms with E-state index in [1.165, 1.54) is 6.07 Å². The highest BCUT2D eigenvalue weighted by molar-refractivity contribution is 5.94. The highest BCUT2D eigenvalue weighted by Gasteiger charge is 2.15. The number of hydrogen-bond acceptors (Lipinski definition) is 3. The van der Waals surface area contributed by atoms with Crippen LogP contribution in [0.15, 0.2) is 42.6 Å². The SMILES string of the molecule is Cc1nc2ccccn2c1C(=O)NCCCCCC(=O)Nc1ccc(F)c(F)c1. The Hall–Kier alpha value is -3.29. The molecule has 0 radical (unpaired) electrons. The van der Waals surface area contributed by atoms with Crippen LogP contribution < -0.4 is 10.6 Å². The van der Waals surface area contributed by atoms with E-state index in [0.29, 0.717) is 24.4 Å². The van der Waals surface area contributed by atoms with Crippen molar-refractivity contribution in [2.45, 2.75) is 32.6 Å². The molecular formula is C21H22F2N4O2. The van der Waals surface area contributed by atoms with Crippen LogP contribution in [-0.2, 0) is 4.79 Å². The first-order valence-electron chi connectivity index (χ1n) is 9.42. The summed E-state index contributed by atoms with van der Waals surface area (Å²) in [5.41, 5.74) is 2.14. The van der Waals surface area contributed by atoms with Gasteiger partial charge in [0.1, 0.15) is 11.3 Å². The third-order valence-corrected chi connectivity index (χ3v) is 4.49. The predicted octanol–water partition coefficient (Wildman–Crippen LogP) is 3.85. The maximum absolute atomic E-state index is 13.1. The molecule has 152 valence electrons. The molecule has 0 saturated carbocycles. The Morgan fingerprint density at radius 3 is 2.69 bits per heavy atom. The number of nitrogens with zero attached hydrogens (tertiary/aromatic N) is 2. The molecule has 1 aromatic carbocycles. The van der Waals surface area contributed by atoms with Crippen LogP contribution in [0.5, 0.6) is 0 Å². The number of anilines is 1. The number of aryl methyl sites for hydroxylation is 1. The number of pyridine rings is 1. The van der Waals surface area contributed by atoms with Crippen LogP contribution in [0.25, 0.3) is 5.65 Å². The summed E-state index contributed by atoms with van der Waals surface area (Å²) in [4.78, 5) is 28.7. The number of benzene rings is 1. The van der Waals surface area contributed by atoms with Crippen LogP contribution >= 0.6 is 0 Å². The standard InChI is InChI=1S/C21H22F2N4O2/c1-14-20(27-12-6-4-7-18(27)25-14)21(29)24-11-5-2-3-8-19(28)26-15-9-10-16(22)17(23)13-15/h4,6-7,9-10,12-13H,2-3,5,8,11H2,1H3,(H,24,29)(H,26,28). The van der Waals surface area contributed by atoms with Crippen LogP contribution in [0.2, 0.25) is 0 Å². The fraction of sp³-hybridized carbons (Fsp3) is 0.286. The molecule has 3 rings (SSSR count). The maximum atomic E-state index is 13.1. The summed E-state index contributed by atoms with van der Waals surface area (Å²) in [6.07, 6.45) is 4.16. The molecule has 6 nitrogen and oxygen atoms in total. The van der Waals surface area contributed by atoms with E-state index < -0.39 is 11.6 Å². The van der Waals surface area contributed by atoms with Crippen molar-refractivity contribution in [3.8, 4) is 0 Å². The Morgan fingerprint density at radius 2 is 1.90 bits per heavy atom. The van der Waals surface area contributed by atoms with Crippen molar-refractivity contribution in [2.75, 3.05) is 11.9 Å². The number of carbonyl (C=O) groups excluding carboxylic acids is 2. The van der Waals surface area contributed by atoms with Gasteiger partial charge >= 0.3 is 0 Å². The zero-order chi connectivity index (χ0) is 20.8. The van der Waals surface area contributed by atoms with Gasteiger partial charge < -0.3 is 10.6 Å². The fourth-order valence-corrected chi connectivity index (χ4v) is 3.06. The first kappa shape index (κ1) is 20.4. The van der Waals surface area contributed by atoms with Gasteiger partial charge in [-0.15, -0.1) is 0 Å². The van der Waals surface area contributed by atoms with Crippen LogP contribution in [0.4, 0.5) is 14.5 Å². The lowest BCUT2D eigenvalue weighted by atomic mass is 10.2. The van der Waals surface area contributed by atoms with Gasteiger partial charge in [-0.2, -0.15) is 0 Å². The second-order valence-electron chi connectivity index (χ2n) is 6.72. The predicted molar refractivity (Wildman–Crippen MR) is 106 cm³/mol. The second-order valence-corrected chi connectivity index (χ2v) is 6.72. The molecule has 0 spiro atoms. The summed E-state index contributed by atoms with van der Waals surface area (Å²) in [6, 6.07) is 8.79. The first-order valence-corrected chi connectivity index (χ1v) is 9.42. The Bertz CT molecular complexity index is 1030. The van der Waals surface area contributed by atoms with Crippen molar-refractivity contribution < 1.29 is 18.4 Å². The van der Waals surface area contributed by atoms with E-state index in [0.717, 1.165) is 30.6 Å². The lowest BCUT2D eigenvalue weighted by molar-refractivity contribution is -0.116. The first-order chi connectivity index (χ1) is 14.0. The Labute approximate surface area is 166 Å². The lowest BCUT2D eigenvalue weighted by Gasteiger charge is -2.07. The number of halogens is 2. The summed E-state index contributed by atoms with van der Waals surface area (Å²) in [5, 5.41) is 5.42. The van der Waals surface area contributed by atoms with Crippen molar-refractivity contribution in [1.29, 1.82) is 0 Å². The average Bonchev–Trinajstić information content (AvgIpc) is 3.03. The zero-order valence-corrected chi connectivity index (χ0v) is 16.0. The van der Waals surface area contributed by atoms with Crippen LogP contribution in [0, 0.1) is 18.6 Å². The van der Waals surface area contributed by atoms with Gasteiger partial charge in [-0.3, -0.25) is 14.0 Å². The van der Waals surface area contributed by atoms with Gasteiger partial charge in [-0.25, -0.2) is 13.8 Å². The van der Waals surface area contributed by atoms with E-state index in [1.54, 1.807) is 17.5 Å². The highest BCUT2D eigenvalue weighted by Crippen LogP contribution is 2.14. The van der Waals surface area contributed by atoms with Gasteiger partial charge in [0.05, 0.1) is 5.69 Å². The summed E-state index contributed by atoms with van der Waals surface area (Å²) >= 11 is 0. The molecule has 2 amide bonds. The number of carbonyl (C=O) groups is 2. The van der Waals surface area contributed by atoms with E-state index in [-0.39, 0.29) is 23.9 Å². The number of rotatable bonds is 8. The second kappa shape index (κ2) is 9.27. The molecule has 8 heteroatoms. The fourth-order valence-electron chi connectivity index (χ4n) is 3.06. The Kier molecular flexibility index (Phi) is 6.54. The molecule has 3 aromatic rings. The number of unbranched alkanes of at least 4 members (excludes halogenated alkanes) is 2. The zero-order valence-electron chi connectivity index (χ0n) is 16.0. The topological polar surface area (TPSA) is 75.5 Å². The van der Waals surface area contributed by atoms with Crippen molar-refractivity contribution in [3.05, 3.63) is 65.6 Å². The van der Waals surface area contributed by atoms with Gasteiger partial charge in [-0.05, 0) is 44.0 Å². The molecule has 0 atom stereocenters. The van der Waals surface area contributed by atoms with Crippen molar-refractivity contribution in [1.82, 2.24) is 14.7 Å². The minimum absolute atomic E-state index is 0.183. The third kappa shape index (κ3) is 5.16. The van der Waals surface area contributed by atoms with E-state index in [9.17, 15) is 18.4 Å². The summed E-state index contributed by atoms with van der Waals surface area (Å²) in [5.74, 6) is -2.40. The quantitative estimate of drug-likeness (QED) is 0.564. The Balaban J connectivity index is 1.37. The molecule has 0 aliphatic heterocycles. The molecule has 29 heavy (non-hydrogen) atoms. The monoisotopic (exact) mass is 400 g/mol. The van der Waals surface area contributed by atoms with Crippen LogP contribution in [0.1, 0.15) is 41.9 Å². The number of imidazole rings is 1. The Morgan fingerprint density at radius 1 is 1.07 bits per heavy atom. The number of amides is 2. The summed E-state index contributed by atoms with van der Waals surface area (Å²) < 4.78 is 27.8. The molecule has 0 saturated heterocycles. The van der Waals surface area contributed by atoms with Crippen molar-refractivity contribution in [2.24, 2.45) is 0 Å². The molecule has 0 aliphatic rings. The van der Waals surface area contributed by atoms with Gasteiger partial charge in [0.2, 0.25) is 5.91 Å². The average molecular weight is 400 g/mol. The molecule has 0 fully saturated rings. The summed E-state index contributed by atoms with van der Waals surface area (Å²) in [6.45, 7) is 2.29. The maximum Gasteiger partial charge on any atom is 0.270 e. The summed E-state index contributed by atoms with van der Waals surface area (Å²) in [7, 11) is 0. The molecule has 2 heterocycles. The molecule has 2 N–H and O–H groups in total.